The van der Waals surface area contributed by atoms with Crippen molar-refractivity contribution in [2.75, 3.05) is 19.0 Å². The van der Waals surface area contributed by atoms with Gasteiger partial charge in [0.2, 0.25) is 11.8 Å². The first-order valence-electron chi connectivity index (χ1n) is 9.64. The quantitative estimate of drug-likeness (QED) is 0.646. The first kappa shape index (κ1) is 22.8. The fourth-order valence-electron chi connectivity index (χ4n) is 2.84. The molecule has 2 aromatic rings. The topological polar surface area (TPSA) is 88.1 Å². The summed E-state index contributed by atoms with van der Waals surface area (Å²) in [6.45, 7) is 3.93. The molecule has 1 atom stereocenters. The number of amides is 2. The highest BCUT2D eigenvalue weighted by Crippen LogP contribution is 2.32. The maximum atomic E-state index is 12.6. The van der Waals surface area contributed by atoms with Crippen LogP contribution in [0, 0.1) is 6.92 Å². The lowest BCUT2D eigenvalue weighted by Gasteiger charge is -2.10. The number of aryl methyl sites for hydroxylation is 1. The zero-order valence-corrected chi connectivity index (χ0v) is 18.9. The predicted octanol–water partition coefficient (Wildman–Crippen LogP) is 4.42. The molecule has 9 heteroatoms. The monoisotopic (exact) mass is 459 g/mol. The Morgan fingerprint density at radius 2 is 1.94 bits per heavy atom. The first-order chi connectivity index (χ1) is 14.8. The second-order valence-electron chi connectivity index (χ2n) is 6.88. The number of hydrogen-bond donors (Lipinski definition) is 1. The van der Waals surface area contributed by atoms with Gasteiger partial charge in [0.05, 0.1) is 17.9 Å². The number of halogens is 1. The Bertz CT molecular complexity index is 1040. The van der Waals surface area contributed by atoms with Gasteiger partial charge >= 0.3 is 5.97 Å². The molecule has 0 radical (unpaired) electrons. The van der Waals surface area contributed by atoms with Crippen LogP contribution in [0.1, 0.15) is 29.3 Å². The van der Waals surface area contributed by atoms with Gasteiger partial charge in [-0.2, -0.15) is 0 Å². The number of nitrogens with zero attached hydrogens (tertiary/aromatic N) is 2. The molecule has 0 unspecified atom stereocenters. The van der Waals surface area contributed by atoms with Gasteiger partial charge in [0.25, 0.3) is 0 Å². The summed E-state index contributed by atoms with van der Waals surface area (Å²) in [6, 6.07) is 11.8. The molecule has 0 aromatic heterocycles. The van der Waals surface area contributed by atoms with E-state index in [0.29, 0.717) is 33.7 Å². The lowest BCUT2D eigenvalue weighted by atomic mass is 10.2. The van der Waals surface area contributed by atoms with E-state index in [1.807, 2.05) is 19.1 Å². The Morgan fingerprint density at radius 3 is 2.58 bits per heavy atom. The predicted molar refractivity (Wildman–Crippen MR) is 123 cm³/mol. The molecule has 0 saturated carbocycles. The molecule has 1 saturated heterocycles. The molecule has 1 aliphatic rings. The van der Waals surface area contributed by atoms with Crippen LogP contribution in [0.5, 0.6) is 0 Å². The molecule has 1 heterocycles. The van der Waals surface area contributed by atoms with Crippen LogP contribution in [-0.2, 0) is 14.3 Å². The molecule has 3 rings (SSSR count). The maximum absolute atomic E-state index is 12.6. The van der Waals surface area contributed by atoms with E-state index in [9.17, 15) is 14.4 Å². The molecular weight excluding hydrogens is 438 g/mol. The number of rotatable bonds is 6. The maximum Gasteiger partial charge on any atom is 0.338 e. The number of aliphatic imine (C=N–C) groups is 1. The second kappa shape index (κ2) is 9.98. The molecule has 2 amide bonds. The average molecular weight is 460 g/mol. The van der Waals surface area contributed by atoms with Gasteiger partial charge in [-0.05, 0) is 55.8 Å². The minimum Gasteiger partial charge on any atom is -0.462 e. The highest BCUT2D eigenvalue weighted by Gasteiger charge is 2.37. The van der Waals surface area contributed by atoms with Crippen LogP contribution in [-0.4, -0.2) is 46.8 Å². The number of amidine groups is 1. The lowest BCUT2D eigenvalue weighted by molar-refractivity contribution is -0.127. The zero-order chi connectivity index (χ0) is 22.5. The number of carbonyl (C=O) groups excluding carboxylic acids is 3. The van der Waals surface area contributed by atoms with E-state index in [-0.39, 0.29) is 18.2 Å². The number of thioether (sulfide) groups is 1. The number of carbonyl (C=O) groups is 3. The fourth-order valence-corrected chi connectivity index (χ4v) is 4.17. The highest BCUT2D eigenvalue weighted by atomic mass is 35.5. The van der Waals surface area contributed by atoms with E-state index >= 15 is 0 Å². The van der Waals surface area contributed by atoms with Crippen molar-refractivity contribution < 1.29 is 19.1 Å². The molecule has 162 valence electrons. The molecular formula is C22H22ClN3O4S. The molecule has 0 aliphatic carbocycles. The van der Waals surface area contributed by atoms with Crippen molar-refractivity contribution in [3.8, 4) is 0 Å². The largest absolute Gasteiger partial charge is 0.462 e. The fraction of sp³-hybridized carbons (Fsp3) is 0.273. The van der Waals surface area contributed by atoms with Gasteiger partial charge in [-0.1, -0.05) is 29.4 Å². The Hall–Kier alpha value is -2.84. The summed E-state index contributed by atoms with van der Waals surface area (Å²) in [5.74, 6) is -0.907. The third kappa shape index (κ3) is 5.65. The van der Waals surface area contributed by atoms with Crippen LogP contribution in [0.25, 0.3) is 0 Å². The number of ether oxygens (including phenoxy) is 1. The van der Waals surface area contributed by atoms with Crippen LogP contribution in [0.15, 0.2) is 47.5 Å². The summed E-state index contributed by atoms with van der Waals surface area (Å²) in [5.41, 5.74) is 2.52. The summed E-state index contributed by atoms with van der Waals surface area (Å²) >= 11 is 7.39. The SMILES string of the molecule is CCOC(=O)c1ccc(NC(=O)C[C@H]2SC(=Nc3ccc(C)c(Cl)c3)N(C)C2=O)cc1. The Kier molecular flexibility index (Phi) is 7.35. The van der Waals surface area contributed by atoms with Gasteiger partial charge in [0.1, 0.15) is 5.25 Å². The van der Waals surface area contributed by atoms with E-state index in [0.717, 1.165) is 5.56 Å². The van der Waals surface area contributed by atoms with Gasteiger partial charge < -0.3 is 10.1 Å². The summed E-state index contributed by atoms with van der Waals surface area (Å²) in [6.07, 6.45) is 0.00113. The minimum absolute atomic E-state index is 0.00113. The van der Waals surface area contributed by atoms with Crippen molar-refractivity contribution >= 4 is 57.7 Å². The van der Waals surface area contributed by atoms with E-state index in [4.69, 9.17) is 16.3 Å². The van der Waals surface area contributed by atoms with Crippen LogP contribution in [0.4, 0.5) is 11.4 Å². The number of nitrogens with one attached hydrogen (secondary N) is 1. The van der Waals surface area contributed by atoms with E-state index < -0.39 is 11.2 Å². The van der Waals surface area contributed by atoms with Crippen molar-refractivity contribution in [1.82, 2.24) is 4.90 Å². The van der Waals surface area contributed by atoms with E-state index in [2.05, 4.69) is 10.3 Å². The number of hydrogen-bond acceptors (Lipinski definition) is 6. The van der Waals surface area contributed by atoms with Gasteiger partial charge in [-0.15, -0.1) is 0 Å². The Morgan fingerprint density at radius 1 is 1.23 bits per heavy atom. The molecule has 1 N–H and O–H groups in total. The number of benzene rings is 2. The normalized spacial score (nSPS) is 17.2. The summed E-state index contributed by atoms with van der Waals surface area (Å²) in [7, 11) is 1.63. The Labute approximate surface area is 189 Å². The second-order valence-corrected chi connectivity index (χ2v) is 8.46. The van der Waals surface area contributed by atoms with Crippen LogP contribution in [0.3, 0.4) is 0 Å². The molecule has 31 heavy (non-hydrogen) atoms. The summed E-state index contributed by atoms with van der Waals surface area (Å²) in [4.78, 5) is 42.7. The third-order valence-corrected chi connectivity index (χ3v) is 6.21. The summed E-state index contributed by atoms with van der Waals surface area (Å²) < 4.78 is 4.93. The van der Waals surface area contributed by atoms with Crippen molar-refractivity contribution in [1.29, 1.82) is 0 Å². The van der Waals surface area contributed by atoms with E-state index in [1.165, 1.54) is 16.7 Å². The minimum atomic E-state index is -0.566. The molecule has 2 aromatic carbocycles. The molecule has 0 spiro atoms. The molecule has 7 nitrogen and oxygen atoms in total. The van der Waals surface area contributed by atoms with Crippen molar-refractivity contribution in [3.63, 3.8) is 0 Å². The average Bonchev–Trinajstić information content (AvgIpc) is 2.99. The van der Waals surface area contributed by atoms with Crippen molar-refractivity contribution in [3.05, 3.63) is 58.6 Å². The van der Waals surface area contributed by atoms with Gasteiger partial charge in [0.15, 0.2) is 5.17 Å². The van der Waals surface area contributed by atoms with Gasteiger partial charge in [-0.25, -0.2) is 9.79 Å². The van der Waals surface area contributed by atoms with Crippen LogP contribution >= 0.6 is 23.4 Å². The standard InChI is InChI=1S/C22H22ClN3O4S/c1-4-30-21(29)14-6-9-15(10-7-14)24-19(27)12-18-20(28)26(3)22(31-18)25-16-8-5-13(2)17(23)11-16/h5-11,18H,4,12H2,1-3H3,(H,24,27)/t18-/m1/s1. The summed E-state index contributed by atoms with van der Waals surface area (Å²) in [5, 5.41) is 3.30. The third-order valence-electron chi connectivity index (χ3n) is 4.57. The number of esters is 1. The molecule has 0 bridgehead atoms. The number of anilines is 1. The highest BCUT2D eigenvalue weighted by molar-refractivity contribution is 8.15. The molecule has 1 aliphatic heterocycles. The van der Waals surface area contributed by atoms with Crippen LogP contribution in [0.2, 0.25) is 5.02 Å². The van der Waals surface area contributed by atoms with Gasteiger partial charge in [0, 0.05) is 24.2 Å². The molecule has 1 fully saturated rings. The first-order valence-corrected chi connectivity index (χ1v) is 10.9. The smallest absolute Gasteiger partial charge is 0.338 e. The Balaban J connectivity index is 1.62. The van der Waals surface area contributed by atoms with Gasteiger partial charge in [-0.3, -0.25) is 14.5 Å². The van der Waals surface area contributed by atoms with E-state index in [1.54, 1.807) is 44.3 Å². The van der Waals surface area contributed by atoms with Crippen LogP contribution < -0.4 is 5.32 Å². The van der Waals surface area contributed by atoms with Crippen molar-refractivity contribution in [2.45, 2.75) is 25.5 Å². The van der Waals surface area contributed by atoms with Crippen molar-refractivity contribution in [2.24, 2.45) is 4.99 Å². The lowest BCUT2D eigenvalue weighted by Crippen LogP contribution is -2.30. The zero-order valence-electron chi connectivity index (χ0n) is 17.3.